The summed E-state index contributed by atoms with van der Waals surface area (Å²) in [6.07, 6.45) is 1.58. The molecule has 0 unspecified atom stereocenters. The van der Waals surface area contributed by atoms with Gasteiger partial charge in [-0.2, -0.15) is 0 Å². The lowest BCUT2D eigenvalue weighted by Gasteiger charge is -2.05. The molecular formula is C12H13ClO2. The van der Waals surface area contributed by atoms with Gasteiger partial charge in [0.05, 0.1) is 12.7 Å². The first-order chi connectivity index (χ1) is 7.04. The molecule has 0 saturated heterocycles. The van der Waals surface area contributed by atoms with Gasteiger partial charge >= 0.3 is 0 Å². The average Bonchev–Trinajstić information content (AvgIpc) is 2.16. The molecule has 1 rings (SSSR count). The first-order valence-electron chi connectivity index (χ1n) is 4.57. The Morgan fingerprint density at radius 2 is 2.07 bits per heavy atom. The van der Waals surface area contributed by atoms with Gasteiger partial charge in [-0.25, -0.2) is 0 Å². The Kier molecular flexibility index (Phi) is 3.92. The van der Waals surface area contributed by atoms with E-state index >= 15 is 0 Å². The number of ether oxygens (including phenoxy) is 1. The number of rotatable bonds is 3. The second-order valence-corrected chi connectivity index (χ2v) is 3.87. The number of benzene rings is 1. The maximum atomic E-state index is 11.7. The number of carbonyl (C=O) groups excluding carboxylic acids is 1. The van der Waals surface area contributed by atoms with Crippen molar-refractivity contribution < 1.29 is 9.53 Å². The topological polar surface area (TPSA) is 26.3 Å². The van der Waals surface area contributed by atoms with Crippen molar-refractivity contribution in [3.63, 3.8) is 0 Å². The molecule has 0 heterocycles. The van der Waals surface area contributed by atoms with Crippen LogP contribution in [0.5, 0.6) is 5.75 Å². The number of methoxy groups -OCH3 is 1. The summed E-state index contributed by atoms with van der Waals surface area (Å²) in [5, 5.41) is 0.556. The molecule has 3 heteroatoms. The summed E-state index contributed by atoms with van der Waals surface area (Å²) in [6, 6.07) is 4.98. The minimum atomic E-state index is -0.0662. The van der Waals surface area contributed by atoms with Crippen molar-refractivity contribution in [2.24, 2.45) is 0 Å². The lowest BCUT2D eigenvalue weighted by Crippen LogP contribution is -1.99. The third kappa shape index (κ3) is 3.10. The Bertz CT molecular complexity index is 404. The molecule has 0 aliphatic rings. The van der Waals surface area contributed by atoms with E-state index in [0.29, 0.717) is 16.3 Å². The number of allylic oxidation sites excluding steroid dienone is 2. The highest BCUT2D eigenvalue weighted by Gasteiger charge is 2.09. The van der Waals surface area contributed by atoms with E-state index in [1.807, 2.05) is 13.8 Å². The van der Waals surface area contributed by atoms with Crippen molar-refractivity contribution in [1.82, 2.24) is 0 Å². The van der Waals surface area contributed by atoms with Crippen molar-refractivity contribution in [2.75, 3.05) is 7.11 Å². The molecule has 1 aromatic carbocycles. The van der Waals surface area contributed by atoms with Gasteiger partial charge in [-0.3, -0.25) is 4.79 Å². The molecule has 2 nitrogen and oxygen atoms in total. The average molecular weight is 225 g/mol. The minimum Gasteiger partial charge on any atom is -0.496 e. The van der Waals surface area contributed by atoms with Crippen LogP contribution in [0.3, 0.4) is 0 Å². The van der Waals surface area contributed by atoms with E-state index in [-0.39, 0.29) is 5.78 Å². The summed E-state index contributed by atoms with van der Waals surface area (Å²) in [4.78, 5) is 11.7. The zero-order chi connectivity index (χ0) is 11.4. The summed E-state index contributed by atoms with van der Waals surface area (Å²) in [6.45, 7) is 3.75. The highest BCUT2D eigenvalue weighted by molar-refractivity contribution is 6.31. The Labute approximate surface area is 94.5 Å². The quantitative estimate of drug-likeness (QED) is 0.580. The number of halogens is 1. The Morgan fingerprint density at radius 1 is 1.40 bits per heavy atom. The molecular weight excluding hydrogens is 212 g/mol. The standard InChI is InChI=1S/C12H13ClO2/c1-8(2)6-11(14)10-5-4-9(13)7-12(10)15-3/h4-7H,1-3H3. The number of ketones is 1. The van der Waals surface area contributed by atoms with Gasteiger partial charge in [-0.1, -0.05) is 17.2 Å². The SMILES string of the molecule is COc1cc(Cl)ccc1C(=O)C=C(C)C. The third-order valence-electron chi connectivity index (χ3n) is 1.85. The maximum Gasteiger partial charge on any atom is 0.189 e. The Balaban J connectivity index is 3.14. The van der Waals surface area contributed by atoms with Crippen molar-refractivity contribution >= 4 is 17.4 Å². The molecule has 0 bridgehead atoms. The van der Waals surface area contributed by atoms with Crippen LogP contribution in [0.4, 0.5) is 0 Å². The van der Waals surface area contributed by atoms with Crippen LogP contribution in [0.25, 0.3) is 0 Å². The first kappa shape index (κ1) is 11.8. The fourth-order valence-electron chi connectivity index (χ4n) is 1.21. The van der Waals surface area contributed by atoms with E-state index in [0.717, 1.165) is 5.57 Å². The van der Waals surface area contributed by atoms with Gasteiger partial charge < -0.3 is 4.74 Å². The van der Waals surface area contributed by atoms with Crippen LogP contribution in [0.2, 0.25) is 5.02 Å². The highest BCUT2D eigenvalue weighted by atomic mass is 35.5. The van der Waals surface area contributed by atoms with Crippen LogP contribution in [0.15, 0.2) is 29.8 Å². The van der Waals surface area contributed by atoms with E-state index in [1.54, 1.807) is 24.3 Å². The van der Waals surface area contributed by atoms with Crippen LogP contribution in [-0.4, -0.2) is 12.9 Å². The fourth-order valence-corrected chi connectivity index (χ4v) is 1.37. The zero-order valence-electron chi connectivity index (χ0n) is 9.00. The molecule has 0 saturated carbocycles. The summed E-state index contributed by atoms with van der Waals surface area (Å²) in [5.74, 6) is 0.438. The molecule has 0 aromatic heterocycles. The van der Waals surface area contributed by atoms with Crippen molar-refractivity contribution in [3.8, 4) is 5.75 Å². The largest absolute Gasteiger partial charge is 0.496 e. The fraction of sp³-hybridized carbons (Fsp3) is 0.250. The molecule has 15 heavy (non-hydrogen) atoms. The Hall–Kier alpha value is -1.28. The van der Waals surface area contributed by atoms with Gasteiger partial charge in [0.2, 0.25) is 0 Å². The molecule has 0 radical (unpaired) electrons. The van der Waals surface area contributed by atoms with Crippen molar-refractivity contribution in [1.29, 1.82) is 0 Å². The minimum absolute atomic E-state index is 0.0662. The first-order valence-corrected chi connectivity index (χ1v) is 4.95. The number of hydrogen-bond donors (Lipinski definition) is 0. The van der Waals surface area contributed by atoms with E-state index < -0.39 is 0 Å². The van der Waals surface area contributed by atoms with Gasteiger partial charge in [0, 0.05) is 5.02 Å². The summed E-state index contributed by atoms with van der Waals surface area (Å²) in [7, 11) is 1.52. The number of hydrogen-bond acceptors (Lipinski definition) is 2. The zero-order valence-corrected chi connectivity index (χ0v) is 9.76. The predicted octanol–water partition coefficient (Wildman–Crippen LogP) is 3.50. The van der Waals surface area contributed by atoms with Crippen LogP contribution >= 0.6 is 11.6 Å². The smallest absolute Gasteiger partial charge is 0.189 e. The van der Waals surface area contributed by atoms with Gasteiger partial charge in [-0.05, 0) is 38.1 Å². The van der Waals surface area contributed by atoms with E-state index in [9.17, 15) is 4.79 Å². The highest BCUT2D eigenvalue weighted by Crippen LogP contribution is 2.23. The maximum absolute atomic E-state index is 11.7. The van der Waals surface area contributed by atoms with E-state index in [2.05, 4.69) is 0 Å². The molecule has 0 aliphatic heterocycles. The summed E-state index contributed by atoms with van der Waals surface area (Å²) >= 11 is 5.80. The van der Waals surface area contributed by atoms with Gasteiger partial charge in [-0.15, -0.1) is 0 Å². The Morgan fingerprint density at radius 3 is 2.60 bits per heavy atom. The van der Waals surface area contributed by atoms with Crippen molar-refractivity contribution in [3.05, 3.63) is 40.4 Å². The molecule has 0 spiro atoms. The molecule has 80 valence electrons. The number of carbonyl (C=O) groups is 1. The van der Waals surface area contributed by atoms with Gasteiger partial charge in [0.1, 0.15) is 5.75 Å². The molecule has 0 atom stereocenters. The molecule has 1 aromatic rings. The van der Waals surface area contributed by atoms with Crippen LogP contribution in [-0.2, 0) is 0 Å². The van der Waals surface area contributed by atoms with Crippen LogP contribution in [0, 0.1) is 0 Å². The second kappa shape index (κ2) is 4.99. The lowest BCUT2D eigenvalue weighted by atomic mass is 10.1. The molecule has 0 fully saturated rings. The summed E-state index contributed by atoms with van der Waals surface area (Å²) < 4.78 is 5.09. The monoisotopic (exact) mass is 224 g/mol. The lowest BCUT2D eigenvalue weighted by molar-refractivity contribution is 0.104. The second-order valence-electron chi connectivity index (χ2n) is 3.43. The molecule has 0 N–H and O–H groups in total. The van der Waals surface area contributed by atoms with E-state index in [1.165, 1.54) is 7.11 Å². The van der Waals surface area contributed by atoms with Gasteiger partial charge in [0.15, 0.2) is 5.78 Å². The van der Waals surface area contributed by atoms with Crippen LogP contribution < -0.4 is 4.74 Å². The molecule has 0 aliphatic carbocycles. The van der Waals surface area contributed by atoms with Gasteiger partial charge in [0.25, 0.3) is 0 Å². The van der Waals surface area contributed by atoms with Crippen molar-refractivity contribution in [2.45, 2.75) is 13.8 Å². The van der Waals surface area contributed by atoms with E-state index in [4.69, 9.17) is 16.3 Å². The third-order valence-corrected chi connectivity index (χ3v) is 2.08. The normalized spacial score (nSPS) is 9.60. The summed E-state index contributed by atoms with van der Waals surface area (Å²) in [5.41, 5.74) is 1.49. The van der Waals surface area contributed by atoms with Crippen LogP contribution in [0.1, 0.15) is 24.2 Å². The molecule has 0 amide bonds. The predicted molar refractivity (Wildman–Crippen MR) is 61.8 cm³/mol.